The van der Waals surface area contributed by atoms with E-state index >= 15 is 0 Å². The second-order valence-electron chi connectivity index (χ2n) is 9.68. The van der Waals surface area contributed by atoms with E-state index in [9.17, 15) is 9.59 Å². The number of nitrogens with one attached hydrogen (secondary N) is 1. The lowest BCUT2D eigenvalue weighted by atomic mass is 9.94. The van der Waals surface area contributed by atoms with Gasteiger partial charge in [-0.1, -0.05) is 90.5 Å². The van der Waals surface area contributed by atoms with Gasteiger partial charge in [0, 0.05) is 24.0 Å². The Balaban J connectivity index is 1.63. The molecule has 0 aromatic heterocycles. The highest BCUT2D eigenvalue weighted by molar-refractivity contribution is 9.10. The van der Waals surface area contributed by atoms with E-state index in [2.05, 4.69) is 21.2 Å². The number of hydrogen-bond acceptors (Lipinski definition) is 3. The van der Waals surface area contributed by atoms with Crippen LogP contribution in [0, 0.1) is 0 Å². The molecule has 0 bridgehead atoms. The maximum absolute atomic E-state index is 13.8. The van der Waals surface area contributed by atoms with E-state index < -0.39 is 6.04 Å². The quantitative estimate of drug-likeness (QED) is 0.243. The number of nitrogens with zero attached hydrogens (tertiary/aromatic N) is 1. The third-order valence-corrected chi connectivity index (χ3v) is 8.40. The van der Waals surface area contributed by atoms with Crippen molar-refractivity contribution in [1.82, 2.24) is 10.2 Å². The summed E-state index contributed by atoms with van der Waals surface area (Å²) in [5.74, 6) is -0.0250. The van der Waals surface area contributed by atoms with E-state index in [4.69, 9.17) is 39.5 Å². The van der Waals surface area contributed by atoms with E-state index in [0.29, 0.717) is 31.7 Å². The van der Waals surface area contributed by atoms with Crippen LogP contribution < -0.4 is 10.1 Å². The average molecular weight is 653 g/mol. The van der Waals surface area contributed by atoms with Gasteiger partial charge in [-0.15, -0.1) is 0 Å². The van der Waals surface area contributed by atoms with Gasteiger partial charge in [0.15, 0.2) is 6.61 Å². The zero-order valence-electron chi connectivity index (χ0n) is 21.3. The molecule has 39 heavy (non-hydrogen) atoms. The molecule has 1 atom stereocenters. The molecule has 0 radical (unpaired) electrons. The SMILES string of the molecule is O=C(NC1CCCCC1)[C@@H](Cc1ccccc1)N(Cc1ccc(Cl)c(Cl)c1)C(=O)COc1ccc(Cl)cc1Br. The second kappa shape index (κ2) is 14.4. The molecule has 0 aliphatic heterocycles. The van der Waals surface area contributed by atoms with Crippen LogP contribution in [0.2, 0.25) is 15.1 Å². The standard InChI is InChI=1S/C30H30BrCl3N2O3/c31-24-17-22(32)12-14-28(24)39-19-29(37)36(18-21-11-13-25(33)26(34)15-21)27(16-20-7-3-1-4-8-20)30(38)35-23-9-5-2-6-10-23/h1,3-4,7-8,11-15,17,23,27H,2,5-6,9-10,16,18-19H2,(H,35,38)/t27-/m1/s1. The second-order valence-corrected chi connectivity index (χ2v) is 11.8. The monoisotopic (exact) mass is 650 g/mol. The van der Waals surface area contributed by atoms with Crippen molar-refractivity contribution < 1.29 is 14.3 Å². The Morgan fingerprint density at radius 2 is 1.67 bits per heavy atom. The number of carbonyl (C=O) groups excluding carboxylic acids is 2. The molecule has 2 amide bonds. The molecule has 5 nitrogen and oxygen atoms in total. The van der Waals surface area contributed by atoms with Crippen LogP contribution >= 0.6 is 50.7 Å². The molecule has 0 heterocycles. The highest BCUT2D eigenvalue weighted by Gasteiger charge is 2.32. The van der Waals surface area contributed by atoms with Gasteiger partial charge in [0.1, 0.15) is 11.8 Å². The van der Waals surface area contributed by atoms with E-state index in [0.717, 1.165) is 36.8 Å². The first-order chi connectivity index (χ1) is 18.8. The fraction of sp³-hybridized carbons (Fsp3) is 0.333. The summed E-state index contributed by atoms with van der Waals surface area (Å²) in [7, 11) is 0. The van der Waals surface area contributed by atoms with Crippen molar-refractivity contribution in [3.8, 4) is 5.75 Å². The lowest BCUT2D eigenvalue weighted by Crippen LogP contribution is -2.53. The fourth-order valence-electron chi connectivity index (χ4n) is 4.75. The summed E-state index contributed by atoms with van der Waals surface area (Å²) in [5, 5.41) is 4.58. The molecule has 0 unspecified atom stereocenters. The van der Waals surface area contributed by atoms with Crippen LogP contribution in [0.15, 0.2) is 71.2 Å². The normalized spacial score (nSPS) is 14.5. The van der Waals surface area contributed by atoms with Crippen molar-refractivity contribution in [3.63, 3.8) is 0 Å². The number of hydrogen-bond donors (Lipinski definition) is 1. The first kappa shape index (κ1) is 29.7. The predicted octanol–water partition coefficient (Wildman–Crippen LogP) is 7.88. The van der Waals surface area contributed by atoms with Gasteiger partial charge >= 0.3 is 0 Å². The van der Waals surface area contributed by atoms with E-state index in [-0.39, 0.29) is 31.0 Å². The van der Waals surface area contributed by atoms with Crippen molar-refractivity contribution in [1.29, 1.82) is 0 Å². The molecule has 4 rings (SSSR count). The van der Waals surface area contributed by atoms with E-state index in [1.165, 1.54) is 6.42 Å². The molecule has 9 heteroatoms. The summed E-state index contributed by atoms with van der Waals surface area (Å²) in [4.78, 5) is 29.2. The highest BCUT2D eigenvalue weighted by atomic mass is 79.9. The topological polar surface area (TPSA) is 58.6 Å². The number of amides is 2. The molecule has 1 aliphatic carbocycles. The molecule has 1 aliphatic rings. The molecular weight excluding hydrogens is 623 g/mol. The molecular formula is C30H30BrCl3N2O3. The number of carbonyl (C=O) groups is 2. The molecule has 1 N–H and O–H groups in total. The van der Waals surface area contributed by atoms with Gasteiger partial charge in [0.2, 0.25) is 5.91 Å². The van der Waals surface area contributed by atoms with Gasteiger partial charge in [-0.2, -0.15) is 0 Å². The maximum Gasteiger partial charge on any atom is 0.261 e. The molecule has 0 spiro atoms. The van der Waals surface area contributed by atoms with Crippen molar-refractivity contribution in [2.45, 2.75) is 57.2 Å². The third-order valence-electron chi connectivity index (χ3n) is 6.80. The Morgan fingerprint density at radius 1 is 0.923 bits per heavy atom. The molecule has 3 aromatic carbocycles. The van der Waals surface area contributed by atoms with Crippen LogP contribution in [-0.4, -0.2) is 35.4 Å². The molecule has 206 valence electrons. The van der Waals surface area contributed by atoms with Gasteiger partial charge in [-0.3, -0.25) is 9.59 Å². The Hall–Kier alpha value is -2.25. The van der Waals surface area contributed by atoms with Crippen LogP contribution in [0.1, 0.15) is 43.2 Å². The highest BCUT2D eigenvalue weighted by Crippen LogP contribution is 2.29. The number of halogens is 4. The summed E-state index contributed by atoms with van der Waals surface area (Å²) < 4.78 is 6.50. The van der Waals surface area contributed by atoms with Crippen molar-refractivity contribution in [2.75, 3.05) is 6.61 Å². The number of ether oxygens (including phenoxy) is 1. The summed E-state index contributed by atoms with van der Waals surface area (Å²) in [6.45, 7) is -0.0972. The van der Waals surface area contributed by atoms with Gasteiger partial charge in [-0.05, 0) is 70.2 Å². The molecule has 0 saturated heterocycles. The van der Waals surface area contributed by atoms with Gasteiger partial charge in [-0.25, -0.2) is 0 Å². The lowest BCUT2D eigenvalue weighted by molar-refractivity contribution is -0.143. The van der Waals surface area contributed by atoms with Crippen molar-refractivity contribution >= 4 is 62.5 Å². The van der Waals surface area contributed by atoms with Gasteiger partial charge in [0.05, 0.1) is 14.5 Å². The minimum atomic E-state index is -0.756. The summed E-state index contributed by atoms with van der Waals surface area (Å²) in [6.07, 6.45) is 5.60. The van der Waals surface area contributed by atoms with Gasteiger partial charge < -0.3 is 15.0 Å². The lowest BCUT2D eigenvalue weighted by Gasteiger charge is -2.33. The Labute approximate surface area is 252 Å². The largest absolute Gasteiger partial charge is 0.483 e. The smallest absolute Gasteiger partial charge is 0.261 e. The summed E-state index contributed by atoms with van der Waals surface area (Å²) in [5.41, 5.74) is 1.71. The fourth-order valence-corrected chi connectivity index (χ4v) is 5.87. The molecule has 3 aromatic rings. The summed E-state index contributed by atoms with van der Waals surface area (Å²) >= 11 is 21.9. The Morgan fingerprint density at radius 3 is 2.36 bits per heavy atom. The first-order valence-electron chi connectivity index (χ1n) is 13.0. The van der Waals surface area contributed by atoms with Crippen LogP contribution in [0.3, 0.4) is 0 Å². The third kappa shape index (κ3) is 8.62. The summed E-state index contributed by atoms with van der Waals surface area (Å²) in [6, 6.07) is 19.4. The Bertz CT molecular complexity index is 1290. The zero-order valence-corrected chi connectivity index (χ0v) is 25.2. The maximum atomic E-state index is 13.8. The minimum Gasteiger partial charge on any atom is -0.483 e. The van der Waals surface area contributed by atoms with Crippen molar-refractivity contribution in [2.24, 2.45) is 0 Å². The first-order valence-corrected chi connectivity index (χ1v) is 14.9. The predicted molar refractivity (Wildman–Crippen MR) is 161 cm³/mol. The molecule has 1 saturated carbocycles. The van der Waals surface area contributed by atoms with Gasteiger partial charge in [0.25, 0.3) is 5.91 Å². The molecule has 1 fully saturated rings. The van der Waals surface area contributed by atoms with Crippen molar-refractivity contribution in [3.05, 3.63) is 97.4 Å². The van der Waals surface area contributed by atoms with Crippen LogP contribution in [0.4, 0.5) is 0 Å². The zero-order chi connectivity index (χ0) is 27.8. The van der Waals surface area contributed by atoms with Crippen LogP contribution in [-0.2, 0) is 22.6 Å². The average Bonchev–Trinajstić information content (AvgIpc) is 2.93. The van der Waals surface area contributed by atoms with E-state index in [1.807, 2.05) is 36.4 Å². The van der Waals surface area contributed by atoms with E-state index in [1.54, 1.807) is 35.2 Å². The minimum absolute atomic E-state index is 0.104. The van der Waals surface area contributed by atoms with Crippen LogP contribution in [0.25, 0.3) is 0 Å². The van der Waals surface area contributed by atoms with Crippen LogP contribution in [0.5, 0.6) is 5.75 Å². The number of rotatable bonds is 10. The Kier molecular flexibility index (Phi) is 11.0. The number of benzene rings is 3.